The Morgan fingerprint density at radius 3 is 3.11 bits per heavy atom. The zero-order chi connectivity index (χ0) is 13.0. The molecule has 0 bridgehead atoms. The van der Waals surface area contributed by atoms with Gasteiger partial charge < -0.3 is 9.64 Å². The maximum Gasteiger partial charge on any atom is 0.264 e. The number of ether oxygens (including phenoxy) is 1. The monoisotopic (exact) mass is 267 g/mol. The predicted molar refractivity (Wildman–Crippen MR) is 74.2 cm³/mol. The van der Waals surface area contributed by atoms with Crippen LogP contribution in [0.15, 0.2) is 11.4 Å². The summed E-state index contributed by atoms with van der Waals surface area (Å²) >= 11 is 1.54. The third kappa shape index (κ3) is 3.12. The molecule has 1 unspecified atom stereocenters. The van der Waals surface area contributed by atoms with Gasteiger partial charge in [-0.05, 0) is 43.2 Å². The Bertz CT molecular complexity index is 402. The highest BCUT2D eigenvalue weighted by atomic mass is 32.1. The number of carbonyl (C=O) groups is 1. The first kappa shape index (κ1) is 13.6. The van der Waals surface area contributed by atoms with Crippen molar-refractivity contribution in [2.24, 2.45) is 0 Å². The topological polar surface area (TPSA) is 29.5 Å². The van der Waals surface area contributed by atoms with E-state index >= 15 is 0 Å². The Labute approximate surface area is 113 Å². The van der Waals surface area contributed by atoms with Crippen molar-refractivity contribution in [2.45, 2.75) is 39.2 Å². The van der Waals surface area contributed by atoms with E-state index < -0.39 is 0 Å². The fraction of sp³-hybridized carbons (Fsp3) is 0.643. The van der Waals surface area contributed by atoms with Crippen molar-refractivity contribution in [3.8, 4) is 0 Å². The summed E-state index contributed by atoms with van der Waals surface area (Å²) in [7, 11) is 0. The smallest absolute Gasteiger partial charge is 0.264 e. The van der Waals surface area contributed by atoms with Crippen molar-refractivity contribution in [1.82, 2.24) is 4.90 Å². The van der Waals surface area contributed by atoms with Gasteiger partial charge >= 0.3 is 0 Å². The van der Waals surface area contributed by atoms with E-state index in [0.717, 1.165) is 49.4 Å². The Hall–Kier alpha value is -0.870. The highest BCUT2D eigenvalue weighted by Crippen LogP contribution is 2.21. The lowest BCUT2D eigenvalue weighted by Gasteiger charge is -2.32. The fourth-order valence-electron chi connectivity index (χ4n) is 2.28. The zero-order valence-electron chi connectivity index (χ0n) is 11.1. The average Bonchev–Trinajstić information content (AvgIpc) is 2.82. The number of aryl methyl sites for hydroxylation is 1. The lowest BCUT2D eigenvalue weighted by molar-refractivity contribution is 0.00225. The minimum absolute atomic E-state index is 0.173. The number of hydrogen-bond donors (Lipinski definition) is 0. The number of rotatable bonds is 4. The van der Waals surface area contributed by atoms with E-state index in [9.17, 15) is 4.79 Å². The number of amides is 1. The minimum Gasteiger partial charge on any atom is -0.376 e. The molecule has 3 nitrogen and oxygen atoms in total. The average molecular weight is 267 g/mol. The van der Waals surface area contributed by atoms with E-state index in [4.69, 9.17) is 4.74 Å². The van der Waals surface area contributed by atoms with Crippen LogP contribution in [0.4, 0.5) is 0 Å². The molecule has 1 aliphatic rings. The quantitative estimate of drug-likeness (QED) is 0.839. The molecule has 1 aromatic rings. The van der Waals surface area contributed by atoms with Gasteiger partial charge in [-0.25, -0.2) is 0 Å². The van der Waals surface area contributed by atoms with E-state index in [-0.39, 0.29) is 12.0 Å². The first-order valence-electron chi connectivity index (χ1n) is 6.67. The molecule has 1 aliphatic heterocycles. The van der Waals surface area contributed by atoms with E-state index in [1.165, 1.54) is 11.3 Å². The molecule has 1 atom stereocenters. The third-order valence-electron chi connectivity index (χ3n) is 3.28. The summed E-state index contributed by atoms with van der Waals surface area (Å²) < 4.78 is 5.77. The normalized spacial score (nSPS) is 20.1. The third-order valence-corrected chi connectivity index (χ3v) is 4.28. The van der Waals surface area contributed by atoms with Crippen molar-refractivity contribution in [3.05, 3.63) is 21.9 Å². The predicted octanol–water partition coefficient (Wildman–Crippen LogP) is 3.09. The lowest BCUT2D eigenvalue weighted by atomic mass is 10.1. The fourth-order valence-corrected chi connectivity index (χ4v) is 3.17. The Balaban J connectivity index is 1.96. The van der Waals surface area contributed by atoms with Crippen molar-refractivity contribution in [3.63, 3.8) is 0 Å². The molecule has 2 heterocycles. The maximum atomic E-state index is 12.4. The van der Waals surface area contributed by atoms with Crippen molar-refractivity contribution < 1.29 is 9.53 Å². The van der Waals surface area contributed by atoms with E-state index in [1.54, 1.807) is 0 Å². The largest absolute Gasteiger partial charge is 0.376 e. The first-order valence-corrected chi connectivity index (χ1v) is 7.55. The molecule has 0 N–H and O–H groups in total. The summed E-state index contributed by atoms with van der Waals surface area (Å²) in [6, 6.07) is 2.01. The molecule has 0 aromatic carbocycles. The maximum absolute atomic E-state index is 12.4. The summed E-state index contributed by atoms with van der Waals surface area (Å²) in [5.74, 6) is 0.173. The van der Waals surface area contributed by atoms with Crippen molar-refractivity contribution in [2.75, 3.05) is 19.7 Å². The van der Waals surface area contributed by atoms with Gasteiger partial charge in [0, 0.05) is 19.7 Å². The molecule has 0 saturated carbocycles. The second-order valence-electron chi connectivity index (χ2n) is 4.82. The van der Waals surface area contributed by atoms with Crippen LogP contribution >= 0.6 is 11.3 Å². The Morgan fingerprint density at radius 2 is 2.44 bits per heavy atom. The van der Waals surface area contributed by atoms with Crippen LogP contribution in [0.3, 0.4) is 0 Å². The van der Waals surface area contributed by atoms with Crippen LogP contribution in [0.2, 0.25) is 0 Å². The second kappa shape index (κ2) is 6.34. The highest BCUT2D eigenvalue weighted by molar-refractivity contribution is 7.12. The number of nitrogens with zero attached hydrogens (tertiary/aromatic N) is 1. The molecular weight excluding hydrogens is 246 g/mol. The molecular formula is C14H21NO2S. The van der Waals surface area contributed by atoms with Gasteiger partial charge in [-0.15, -0.1) is 11.3 Å². The summed E-state index contributed by atoms with van der Waals surface area (Å²) in [5, 5.41) is 1.98. The number of hydrogen-bond acceptors (Lipinski definition) is 3. The molecule has 4 heteroatoms. The highest BCUT2D eigenvalue weighted by Gasteiger charge is 2.26. The van der Waals surface area contributed by atoms with Crippen LogP contribution < -0.4 is 0 Å². The SMILES string of the molecule is CCCOC1CCCN(C(=O)c2sccc2C)C1. The summed E-state index contributed by atoms with van der Waals surface area (Å²) in [4.78, 5) is 15.2. The number of carbonyl (C=O) groups excluding carboxylic acids is 1. The van der Waals surface area contributed by atoms with Crippen LogP contribution in [-0.4, -0.2) is 36.6 Å². The van der Waals surface area contributed by atoms with Gasteiger partial charge in [-0.3, -0.25) is 4.79 Å². The molecule has 2 rings (SSSR count). The van der Waals surface area contributed by atoms with Gasteiger partial charge in [-0.1, -0.05) is 6.92 Å². The van der Waals surface area contributed by atoms with Gasteiger partial charge in [-0.2, -0.15) is 0 Å². The van der Waals surface area contributed by atoms with Gasteiger partial charge in [0.25, 0.3) is 5.91 Å². The molecule has 1 aromatic heterocycles. The molecule has 1 fully saturated rings. The van der Waals surface area contributed by atoms with Crippen LogP contribution in [0.5, 0.6) is 0 Å². The number of likely N-dealkylation sites (tertiary alicyclic amines) is 1. The zero-order valence-corrected chi connectivity index (χ0v) is 12.0. The first-order chi connectivity index (χ1) is 8.72. The van der Waals surface area contributed by atoms with Crippen LogP contribution in [0.1, 0.15) is 41.4 Å². The summed E-state index contributed by atoms with van der Waals surface area (Å²) in [6.07, 6.45) is 3.38. The summed E-state index contributed by atoms with van der Waals surface area (Å²) in [6.45, 7) is 6.52. The molecule has 0 radical (unpaired) electrons. The Morgan fingerprint density at radius 1 is 1.61 bits per heavy atom. The molecule has 100 valence electrons. The molecule has 18 heavy (non-hydrogen) atoms. The van der Waals surface area contributed by atoms with Gasteiger partial charge in [0.05, 0.1) is 11.0 Å². The molecule has 1 saturated heterocycles. The van der Waals surface area contributed by atoms with Crippen LogP contribution in [-0.2, 0) is 4.74 Å². The standard InChI is InChI=1S/C14H21NO2S/c1-3-8-17-12-5-4-7-15(10-12)14(16)13-11(2)6-9-18-13/h6,9,12H,3-5,7-8,10H2,1-2H3. The lowest BCUT2D eigenvalue weighted by Crippen LogP contribution is -2.43. The number of thiophene rings is 1. The summed E-state index contributed by atoms with van der Waals surface area (Å²) in [5.41, 5.74) is 1.08. The van der Waals surface area contributed by atoms with E-state index in [0.29, 0.717) is 0 Å². The molecule has 0 aliphatic carbocycles. The minimum atomic E-state index is 0.173. The van der Waals surface area contributed by atoms with Crippen molar-refractivity contribution in [1.29, 1.82) is 0 Å². The second-order valence-corrected chi connectivity index (χ2v) is 5.74. The molecule has 1 amide bonds. The van der Waals surface area contributed by atoms with Gasteiger partial charge in [0.2, 0.25) is 0 Å². The van der Waals surface area contributed by atoms with Gasteiger partial charge in [0.1, 0.15) is 0 Å². The molecule has 0 spiro atoms. The number of piperidine rings is 1. The van der Waals surface area contributed by atoms with Gasteiger partial charge in [0.15, 0.2) is 0 Å². The van der Waals surface area contributed by atoms with E-state index in [1.807, 2.05) is 23.3 Å². The van der Waals surface area contributed by atoms with Crippen LogP contribution in [0, 0.1) is 6.92 Å². The van der Waals surface area contributed by atoms with Crippen LogP contribution in [0.25, 0.3) is 0 Å². The van der Waals surface area contributed by atoms with Crippen molar-refractivity contribution >= 4 is 17.2 Å². The Kier molecular flexibility index (Phi) is 4.78. The van der Waals surface area contributed by atoms with E-state index in [2.05, 4.69) is 6.92 Å².